The summed E-state index contributed by atoms with van der Waals surface area (Å²) in [5.74, 6) is -2.44. The molecule has 0 aliphatic heterocycles. The third kappa shape index (κ3) is 33.4. The first-order chi connectivity index (χ1) is 25.3. The van der Waals surface area contributed by atoms with E-state index in [1.54, 1.807) is 0 Å². The van der Waals surface area contributed by atoms with Crippen LogP contribution < -0.4 is 10.6 Å². The van der Waals surface area contributed by atoms with Gasteiger partial charge in [-0.2, -0.15) is 0 Å². The van der Waals surface area contributed by atoms with Gasteiger partial charge in [0.1, 0.15) is 12.1 Å². The van der Waals surface area contributed by atoms with Crippen LogP contribution in [0.1, 0.15) is 149 Å². The van der Waals surface area contributed by atoms with Gasteiger partial charge in [-0.1, -0.05) is 119 Å². The first kappa shape index (κ1) is 48.3. The molecular formula is C43H70N2O7. The van der Waals surface area contributed by atoms with Crippen LogP contribution in [0.2, 0.25) is 0 Å². The normalized spacial score (nSPS) is 13.3. The van der Waals surface area contributed by atoms with Gasteiger partial charge >= 0.3 is 11.9 Å². The Hall–Kier alpha value is -3.72. The number of carboxylic acids is 1. The fraction of sp³-hybridized carbons (Fsp3) is 0.628. The lowest BCUT2D eigenvalue weighted by atomic mass is 10.1. The van der Waals surface area contributed by atoms with Crippen LogP contribution in [0.3, 0.4) is 0 Å². The summed E-state index contributed by atoms with van der Waals surface area (Å²) in [7, 11) is 0. The Kier molecular flexibility index (Phi) is 34.4. The number of carboxylic acid groups (broad SMARTS) is 1. The van der Waals surface area contributed by atoms with E-state index in [1.807, 2.05) is 6.08 Å². The van der Waals surface area contributed by atoms with Crippen molar-refractivity contribution in [2.75, 3.05) is 13.2 Å². The number of aliphatic hydroxyl groups is 1. The summed E-state index contributed by atoms with van der Waals surface area (Å²) in [6.45, 7) is 3.29. The third-order valence-electron chi connectivity index (χ3n) is 8.17. The van der Waals surface area contributed by atoms with Crippen molar-refractivity contribution in [3.8, 4) is 0 Å². The number of nitrogens with one attached hydrogen (secondary N) is 2. The number of rotatable bonds is 34. The second kappa shape index (κ2) is 37.1. The van der Waals surface area contributed by atoms with Crippen molar-refractivity contribution in [2.45, 2.75) is 161 Å². The number of allylic oxidation sites excluding steroid dienone is 11. The molecule has 0 aromatic carbocycles. The fourth-order valence-electron chi connectivity index (χ4n) is 5.12. The first-order valence-corrected chi connectivity index (χ1v) is 19.8. The number of carbonyl (C=O) groups is 4. The SMILES string of the molecule is CC/C=C\C/C=C\C/C=C\CCCCCC(=O)OC(/C=C\C/C=C\C/C=C\CCCCC)CCCCCCCC(=O)NCC(=O)NC(CO)C(=O)O. The minimum Gasteiger partial charge on any atom is -0.480 e. The lowest BCUT2D eigenvalue weighted by Gasteiger charge is -2.14. The standard InChI is InChI=1S/C43H70N2O7/c1-3-5-7-9-11-13-15-16-18-20-22-27-31-35-42(49)52-38(32-28-24-21-19-17-14-12-10-8-6-4-2)33-29-25-23-26-30-34-40(47)44-36-41(48)45-39(37-46)43(50)51/h5,7,11-14,16,18-19,21,28,32,38-39,46H,3-4,6,8-10,15,17,20,22-27,29-31,33-37H2,1-2H3,(H,44,47)(H,45,48)(H,50,51)/b7-5-,13-11-,14-12-,18-16-,21-19-,32-28-. The van der Waals surface area contributed by atoms with Crippen LogP contribution in [0.4, 0.5) is 0 Å². The topological polar surface area (TPSA) is 142 Å². The molecule has 2 amide bonds. The summed E-state index contributed by atoms with van der Waals surface area (Å²) in [5, 5.41) is 22.5. The zero-order chi connectivity index (χ0) is 38.3. The molecule has 9 nitrogen and oxygen atoms in total. The molecule has 9 heteroatoms. The first-order valence-electron chi connectivity index (χ1n) is 19.8. The number of aliphatic hydroxyl groups excluding tert-OH is 1. The van der Waals surface area contributed by atoms with Gasteiger partial charge in [-0.3, -0.25) is 14.4 Å². The van der Waals surface area contributed by atoms with Gasteiger partial charge in [-0.05, 0) is 89.5 Å². The van der Waals surface area contributed by atoms with E-state index < -0.39 is 24.5 Å². The van der Waals surface area contributed by atoms with Crippen LogP contribution in [0.25, 0.3) is 0 Å². The van der Waals surface area contributed by atoms with E-state index in [-0.39, 0.29) is 30.9 Å². The third-order valence-corrected chi connectivity index (χ3v) is 8.17. The van der Waals surface area contributed by atoms with Crippen molar-refractivity contribution < 1.29 is 34.1 Å². The molecule has 0 saturated carbocycles. The van der Waals surface area contributed by atoms with Crippen molar-refractivity contribution in [1.29, 1.82) is 0 Å². The van der Waals surface area contributed by atoms with E-state index in [0.717, 1.165) is 96.3 Å². The van der Waals surface area contributed by atoms with Gasteiger partial charge < -0.3 is 25.6 Å². The Bertz CT molecular complexity index is 1110. The zero-order valence-electron chi connectivity index (χ0n) is 32.3. The predicted octanol–water partition coefficient (Wildman–Crippen LogP) is 9.15. The summed E-state index contributed by atoms with van der Waals surface area (Å²) in [6.07, 6.45) is 45.1. The Morgan fingerprint density at radius 1 is 0.615 bits per heavy atom. The van der Waals surface area contributed by atoms with Crippen LogP contribution in [0, 0.1) is 0 Å². The molecule has 294 valence electrons. The molecule has 0 saturated heterocycles. The quantitative estimate of drug-likeness (QED) is 0.0294. The van der Waals surface area contributed by atoms with Gasteiger partial charge in [0.25, 0.3) is 0 Å². The molecule has 2 unspecified atom stereocenters. The smallest absolute Gasteiger partial charge is 0.328 e. The fourth-order valence-corrected chi connectivity index (χ4v) is 5.12. The summed E-state index contributed by atoms with van der Waals surface area (Å²) < 4.78 is 5.88. The Morgan fingerprint density at radius 3 is 1.77 bits per heavy atom. The Morgan fingerprint density at radius 2 is 1.15 bits per heavy atom. The number of aliphatic carboxylic acids is 1. The van der Waals surface area contributed by atoms with Gasteiger partial charge in [-0.15, -0.1) is 0 Å². The number of esters is 1. The number of ether oxygens (including phenoxy) is 1. The molecule has 2 atom stereocenters. The molecule has 0 aliphatic rings. The largest absolute Gasteiger partial charge is 0.480 e. The van der Waals surface area contributed by atoms with Gasteiger partial charge in [0.05, 0.1) is 13.2 Å². The van der Waals surface area contributed by atoms with Crippen LogP contribution in [-0.2, 0) is 23.9 Å². The molecule has 0 heterocycles. The van der Waals surface area contributed by atoms with E-state index in [4.69, 9.17) is 14.9 Å². The van der Waals surface area contributed by atoms with E-state index in [1.165, 1.54) is 19.3 Å². The highest BCUT2D eigenvalue weighted by Crippen LogP contribution is 2.14. The molecular weight excluding hydrogens is 656 g/mol. The Balaban J connectivity index is 4.50. The maximum Gasteiger partial charge on any atom is 0.328 e. The Labute approximate surface area is 314 Å². The van der Waals surface area contributed by atoms with Gasteiger partial charge in [-0.25, -0.2) is 4.79 Å². The maximum atomic E-state index is 12.7. The van der Waals surface area contributed by atoms with E-state index in [0.29, 0.717) is 12.8 Å². The lowest BCUT2D eigenvalue weighted by molar-refractivity contribution is -0.147. The number of amides is 2. The van der Waals surface area contributed by atoms with Crippen LogP contribution >= 0.6 is 0 Å². The maximum absolute atomic E-state index is 12.7. The highest BCUT2D eigenvalue weighted by atomic mass is 16.5. The number of unbranched alkanes of at least 4 members (excludes halogenated alkanes) is 10. The summed E-state index contributed by atoms with van der Waals surface area (Å²) in [6, 6.07) is -1.39. The molecule has 0 aromatic rings. The van der Waals surface area contributed by atoms with E-state index in [9.17, 15) is 19.2 Å². The van der Waals surface area contributed by atoms with Crippen molar-refractivity contribution in [3.63, 3.8) is 0 Å². The molecule has 0 aliphatic carbocycles. The lowest BCUT2D eigenvalue weighted by Crippen LogP contribution is -2.47. The molecule has 0 fully saturated rings. The highest BCUT2D eigenvalue weighted by molar-refractivity contribution is 5.87. The summed E-state index contributed by atoms with van der Waals surface area (Å²) in [4.78, 5) is 47.4. The molecule has 0 spiro atoms. The molecule has 0 bridgehead atoms. The van der Waals surface area contributed by atoms with E-state index >= 15 is 0 Å². The average Bonchev–Trinajstić information content (AvgIpc) is 3.13. The number of hydrogen-bond acceptors (Lipinski definition) is 6. The van der Waals surface area contributed by atoms with Gasteiger partial charge in [0.15, 0.2) is 0 Å². The minimum absolute atomic E-state index is 0.147. The predicted molar refractivity (Wildman–Crippen MR) is 213 cm³/mol. The molecule has 0 aromatic heterocycles. The van der Waals surface area contributed by atoms with E-state index in [2.05, 4.69) is 91.3 Å². The summed E-state index contributed by atoms with van der Waals surface area (Å²) in [5.41, 5.74) is 0. The second-order valence-electron chi connectivity index (χ2n) is 13.0. The van der Waals surface area contributed by atoms with Crippen LogP contribution in [-0.4, -0.2) is 59.3 Å². The van der Waals surface area contributed by atoms with Crippen LogP contribution in [0.15, 0.2) is 72.9 Å². The average molecular weight is 727 g/mol. The molecule has 52 heavy (non-hydrogen) atoms. The number of carbonyl (C=O) groups excluding carboxylic acids is 3. The number of hydrogen-bond donors (Lipinski definition) is 4. The molecule has 0 radical (unpaired) electrons. The van der Waals surface area contributed by atoms with Crippen LogP contribution in [0.5, 0.6) is 0 Å². The van der Waals surface area contributed by atoms with Gasteiger partial charge in [0.2, 0.25) is 11.8 Å². The van der Waals surface area contributed by atoms with Crippen molar-refractivity contribution in [1.82, 2.24) is 10.6 Å². The second-order valence-corrected chi connectivity index (χ2v) is 13.0. The molecule has 4 N–H and O–H groups in total. The van der Waals surface area contributed by atoms with Crippen molar-refractivity contribution >= 4 is 23.8 Å². The minimum atomic E-state index is -1.39. The van der Waals surface area contributed by atoms with Crippen molar-refractivity contribution in [3.05, 3.63) is 72.9 Å². The zero-order valence-corrected chi connectivity index (χ0v) is 32.3. The highest BCUT2D eigenvalue weighted by Gasteiger charge is 2.18. The van der Waals surface area contributed by atoms with Crippen molar-refractivity contribution in [2.24, 2.45) is 0 Å². The van der Waals surface area contributed by atoms with Gasteiger partial charge in [0, 0.05) is 12.8 Å². The summed E-state index contributed by atoms with van der Waals surface area (Å²) >= 11 is 0. The monoisotopic (exact) mass is 727 g/mol. The molecule has 0 rings (SSSR count).